The first-order valence-corrected chi connectivity index (χ1v) is 10.3. The molecule has 154 valence electrons. The minimum Gasteiger partial charge on any atom is -0.508 e. The molecule has 1 heterocycles. The van der Waals surface area contributed by atoms with E-state index in [-0.39, 0.29) is 23.6 Å². The predicted molar refractivity (Wildman–Crippen MR) is 111 cm³/mol. The van der Waals surface area contributed by atoms with Crippen LogP contribution >= 0.6 is 11.6 Å². The predicted octanol–water partition coefficient (Wildman–Crippen LogP) is 3.39. The summed E-state index contributed by atoms with van der Waals surface area (Å²) in [6.07, 6.45) is 4.77. The van der Waals surface area contributed by atoms with E-state index >= 15 is 0 Å². The fraction of sp³-hybridized carbons (Fsp3) is 0.619. The van der Waals surface area contributed by atoms with Crippen LogP contribution in [0.15, 0.2) is 23.2 Å². The SMILES string of the molecule is COCCNC(=O)[C@]1(CC(C)C)N=CN(CC2CC2)[C@H]1c1ccc(Cl)cc1O. The van der Waals surface area contributed by atoms with Gasteiger partial charge in [-0.05, 0) is 43.2 Å². The molecule has 2 atom stereocenters. The van der Waals surface area contributed by atoms with Crippen LogP contribution in [0.3, 0.4) is 0 Å². The highest BCUT2D eigenvalue weighted by Gasteiger charge is 2.53. The number of phenolic OH excluding ortho intramolecular Hbond substituents is 1. The molecule has 0 unspecified atom stereocenters. The summed E-state index contributed by atoms with van der Waals surface area (Å²) in [7, 11) is 1.61. The number of amides is 1. The molecule has 0 bridgehead atoms. The molecule has 3 rings (SSSR count). The molecule has 2 aliphatic rings. The molecule has 1 aliphatic carbocycles. The number of nitrogens with zero attached hydrogens (tertiary/aromatic N) is 2. The van der Waals surface area contributed by atoms with Crippen molar-refractivity contribution >= 4 is 23.8 Å². The second-order valence-electron chi connectivity index (χ2n) is 8.26. The Morgan fingerprint density at radius 2 is 2.21 bits per heavy atom. The lowest BCUT2D eigenvalue weighted by Gasteiger charge is -2.38. The molecular weight excluding hydrogens is 378 g/mol. The maximum absolute atomic E-state index is 13.4. The van der Waals surface area contributed by atoms with Gasteiger partial charge >= 0.3 is 0 Å². The van der Waals surface area contributed by atoms with E-state index in [1.165, 1.54) is 18.9 Å². The van der Waals surface area contributed by atoms with Crippen molar-refractivity contribution in [2.24, 2.45) is 16.8 Å². The Morgan fingerprint density at radius 1 is 1.46 bits per heavy atom. The van der Waals surface area contributed by atoms with Crippen molar-refractivity contribution in [1.29, 1.82) is 0 Å². The third kappa shape index (κ3) is 4.44. The third-order valence-corrected chi connectivity index (χ3v) is 5.61. The van der Waals surface area contributed by atoms with Gasteiger partial charge in [0.1, 0.15) is 5.75 Å². The zero-order valence-electron chi connectivity index (χ0n) is 16.8. The lowest BCUT2D eigenvalue weighted by molar-refractivity contribution is -0.128. The number of methoxy groups -OCH3 is 1. The van der Waals surface area contributed by atoms with Crippen LogP contribution in [0.25, 0.3) is 0 Å². The van der Waals surface area contributed by atoms with E-state index < -0.39 is 5.54 Å². The van der Waals surface area contributed by atoms with Gasteiger partial charge in [0.15, 0.2) is 5.54 Å². The van der Waals surface area contributed by atoms with Crippen LogP contribution in [-0.4, -0.2) is 54.6 Å². The van der Waals surface area contributed by atoms with E-state index in [0.717, 1.165) is 6.54 Å². The van der Waals surface area contributed by atoms with Crippen LogP contribution in [0, 0.1) is 11.8 Å². The third-order valence-electron chi connectivity index (χ3n) is 5.38. The first-order valence-electron chi connectivity index (χ1n) is 9.94. The molecule has 0 radical (unpaired) electrons. The van der Waals surface area contributed by atoms with Gasteiger partial charge in [0.05, 0.1) is 19.0 Å². The Morgan fingerprint density at radius 3 is 2.82 bits per heavy atom. The molecule has 2 N–H and O–H groups in total. The van der Waals surface area contributed by atoms with Gasteiger partial charge in [-0.25, -0.2) is 0 Å². The van der Waals surface area contributed by atoms with Gasteiger partial charge in [0.2, 0.25) is 0 Å². The molecular formula is C21H30ClN3O3. The van der Waals surface area contributed by atoms with Gasteiger partial charge in [-0.1, -0.05) is 31.5 Å². The summed E-state index contributed by atoms with van der Waals surface area (Å²) >= 11 is 6.06. The molecule has 28 heavy (non-hydrogen) atoms. The van der Waals surface area contributed by atoms with Gasteiger partial charge in [-0.3, -0.25) is 9.79 Å². The number of hydrogen-bond acceptors (Lipinski definition) is 5. The highest BCUT2D eigenvalue weighted by Crippen LogP contribution is 2.47. The quantitative estimate of drug-likeness (QED) is 0.615. The van der Waals surface area contributed by atoms with E-state index in [0.29, 0.717) is 36.1 Å². The smallest absolute Gasteiger partial charge is 0.250 e. The van der Waals surface area contributed by atoms with Gasteiger partial charge in [-0.15, -0.1) is 0 Å². The molecule has 0 spiro atoms. The molecule has 7 heteroatoms. The maximum Gasteiger partial charge on any atom is 0.250 e. The minimum atomic E-state index is -0.998. The zero-order valence-corrected chi connectivity index (χ0v) is 17.6. The zero-order chi connectivity index (χ0) is 20.3. The molecule has 0 aromatic heterocycles. The second-order valence-corrected chi connectivity index (χ2v) is 8.70. The number of aromatic hydroxyl groups is 1. The Labute approximate surface area is 171 Å². The Balaban J connectivity index is 2.00. The summed E-state index contributed by atoms with van der Waals surface area (Å²) in [4.78, 5) is 20.3. The van der Waals surface area contributed by atoms with Gasteiger partial charge in [0.25, 0.3) is 5.91 Å². The summed E-state index contributed by atoms with van der Waals surface area (Å²) in [5, 5.41) is 14.1. The number of benzene rings is 1. The normalized spacial score (nSPS) is 24.2. The van der Waals surface area contributed by atoms with Crippen LogP contribution in [0.5, 0.6) is 5.75 Å². The van der Waals surface area contributed by atoms with Crippen molar-refractivity contribution in [3.63, 3.8) is 0 Å². The number of ether oxygens (including phenoxy) is 1. The average Bonchev–Trinajstić information content (AvgIpc) is 3.37. The first-order chi connectivity index (χ1) is 13.4. The topological polar surface area (TPSA) is 74.2 Å². The summed E-state index contributed by atoms with van der Waals surface area (Å²) in [6, 6.07) is 4.74. The number of nitrogens with one attached hydrogen (secondary N) is 1. The van der Waals surface area contributed by atoms with Crippen LogP contribution in [0.1, 0.15) is 44.7 Å². The molecule has 1 saturated carbocycles. The molecule has 1 aliphatic heterocycles. The molecule has 1 aromatic rings. The van der Waals surface area contributed by atoms with Crippen molar-refractivity contribution in [3.05, 3.63) is 28.8 Å². The Bertz CT molecular complexity index is 736. The Hall–Kier alpha value is -1.79. The largest absolute Gasteiger partial charge is 0.508 e. The lowest BCUT2D eigenvalue weighted by Crippen LogP contribution is -2.52. The maximum atomic E-state index is 13.4. The van der Waals surface area contributed by atoms with Crippen LogP contribution in [0.2, 0.25) is 5.02 Å². The molecule has 1 fully saturated rings. The van der Waals surface area contributed by atoms with E-state index in [9.17, 15) is 9.90 Å². The van der Waals surface area contributed by atoms with Crippen LogP contribution in [0.4, 0.5) is 0 Å². The second kappa shape index (κ2) is 8.70. The minimum absolute atomic E-state index is 0.0987. The van der Waals surface area contributed by atoms with E-state index in [4.69, 9.17) is 21.3 Å². The first kappa shape index (κ1) is 20.9. The summed E-state index contributed by atoms with van der Waals surface area (Å²) in [5.41, 5.74) is -0.313. The van der Waals surface area contributed by atoms with Crippen molar-refractivity contribution in [2.75, 3.05) is 26.8 Å². The van der Waals surface area contributed by atoms with Gasteiger partial charge < -0.3 is 20.1 Å². The van der Waals surface area contributed by atoms with Gasteiger partial charge in [0, 0.05) is 30.8 Å². The highest BCUT2D eigenvalue weighted by molar-refractivity contribution is 6.30. The molecule has 0 saturated heterocycles. The monoisotopic (exact) mass is 407 g/mol. The van der Waals surface area contributed by atoms with E-state index in [2.05, 4.69) is 24.1 Å². The average molecular weight is 408 g/mol. The number of aliphatic imine (C=N–C) groups is 1. The number of hydrogen-bond donors (Lipinski definition) is 2. The number of phenols is 1. The summed E-state index contributed by atoms with van der Waals surface area (Å²) in [5.74, 6) is 0.840. The molecule has 1 amide bonds. The highest BCUT2D eigenvalue weighted by atomic mass is 35.5. The number of carbonyl (C=O) groups excluding carboxylic acids is 1. The van der Waals surface area contributed by atoms with Crippen LogP contribution < -0.4 is 5.32 Å². The fourth-order valence-electron chi connectivity index (χ4n) is 4.01. The Kier molecular flexibility index (Phi) is 6.50. The van der Waals surface area contributed by atoms with Gasteiger partial charge in [-0.2, -0.15) is 0 Å². The van der Waals surface area contributed by atoms with Crippen molar-refractivity contribution in [3.8, 4) is 5.75 Å². The fourth-order valence-corrected chi connectivity index (χ4v) is 4.17. The number of carbonyl (C=O) groups is 1. The van der Waals surface area contributed by atoms with E-state index in [1.807, 2.05) is 6.07 Å². The summed E-state index contributed by atoms with van der Waals surface area (Å²) < 4.78 is 5.08. The summed E-state index contributed by atoms with van der Waals surface area (Å²) in [6.45, 7) is 5.87. The standard InChI is InChI=1S/C21H30ClN3O3/c1-14(2)11-21(20(27)23-8-9-28-3)19(17-7-6-16(22)10-18(17)26)25(13-24-21)12-15-4-5-15/h6-7,10,13-15,19,26H,4-5,8-9,11-12H2,1-3H3,(H,23,27)/t19-,21+/m0/s1. The molecule has 1 aromatic carbocycles. The number of halogens is 1. The molecule has 6 nitrogen and oxygen atoms in total. The number of rotatable bonds is 9. The van der Waals surface area contributed by atoms with E-state index in [1.54, 1.807) is 19.5 Å². The van der Waals surface area contributed by atoms with Crippen LogP contribution in [-0.2, 0) is 9.53 Å². The van der Waals surface area contributed by atoms with Crippen molar-refractivity contribution in [2.45, 2.75) is 44.7 Å². The van der Waals surface area contributed by atoms with Crippen molar-refractivity contribution < 1.29 is 14.6 Å². The lowest BCUT2D eigenvalue weighted by atomic mass is 9.78. The van der Waals surface area contributed by atoms with Crippen molar-refractivity contribution in [1.82, 2.24) is 10.2 Å².